The maximum atomic E-state index is 13.1. The number of carboxylic acids is 1. The van der Waals surface area contributed by atoms with E-state index in [-0.39, 0.29) is 36.3 Å². The molecule has 0 fully saturated rings. The summed E-state index contributed by atoms with van der Waals surface area (Å²) >= 11 is 0. The zero-order valence-corrected chi connectivity index (χ0v) is 27.5. The van der Waals surface area contributed by atoms with Crippen molar-refractivity contribution in [3.8, 4) is 22.5 Å². The molecule has 11 nitrogen and oxygen atoms in total. The number of aliphatic carboxylic acids is 1. The van der Waals surface area contributed by atoms with Gasteiger partial charge < -0.3 is 14.4 Å². The maximum absolute atomic E-state index is 13.1. The van der Waals surface area contributed by atoms with Gasteiger partial charge >= 0.3 is 5.97 Å². The van der Waals surface area contributed by atoms with Crippen molar-refractivity contribution >= 4 is 42.8 Å². The Labute approximate surface area is 264 Å². The first-order chi connectivity index (χ1) is 21.3. The van der Waals surface area contributed by atoms with Gasteiger partial charge in [0.1, 0.15) is 29.3 Å². The lowest BCUT2D eigenvalue weighted by Crippen LogP contribution is -2.29. The molecule has 2 aromatic rings. The van der Waals surface area contributed by atoms with Gasteiger partial charge in [0.15, 0.2) is 0 Å². The molecule has 0 amide bonds. The predicted octanol–water partition coefficient (Wildman–Crippen LogP) is 4.64. The third-order valence-corrected chi connectivity index (χ3v) is 10.2. The Bertz CT molecular complexity index is 1960. The molecule has 0 spiro atoms. The second-order valence-electron chi connectivity index (χ2n) is 10.6. The lowest BCUT2D eigenvalue weighted by atomic mass is 9.93. The summed E-state index contributed by atoms with van der Waals surface area (Å²) in [4.78, 5) is 12.0. The smallest absolute Gasteiger partial charge is 0.303 e. The van der Waals surface area contributed by atoms with Crippen LogP contribution in [-0.2, 0) is 24.9 Å². The fourth-order valence-corrected chi connectivity index (χ4v) is 7.41. The van der Waals surface area contributed by atoms with E-state index >= 15 is 0 Å². The fourth-order valence-electron chi connectivity index (χ4n) is 5.51. The second-order valence-corrected chi connectivity index (χ2v) is 13.7. The van der Waals surface area contributed by atoms with E-state index < -0.39 is 31.0 Å². The normalized spacial score (nSPS) is 12.1. The molecule has 0 bridgehead atoms. The first-order valence-electron chi connectivity index (χ1n) is 15.0. The number of hydrogen-bond donors (Lipinski definition) is 3. The Morgan fingerprint density at radius 2 is 1.58 bits per heavy atom. The number of rotatable bonds is 14. The number of benzene rings is 3. The largest absolute Gasteiger partial charge is 0.481 e. The molecule has 0 radical (unpaired) electrons. The number of carbonyl (C=O) groups is 1. The minimum absolute atomic E-state index is 0.0300. The number of anilines is 1. The first kappa shape index (κ1) is 34.1. The summed E-state index contributed by atoms with van der Waals surface area (Å²) in [5.74, 6) is -0.479. The van der Waals surface area contributed by atoms with Crippen LogP contribution >= 0.6 is 0 Å². The third-order valence-electron chi connectivity index (χ3n) is 7.87. The SMILES string of the molecule is CCN(CC)c1ccc2c(-c3ccc(S(=O)(=O)NCCCCC(=O)O)cc3S(=O)(=O)O)c3ccc(=[N+](CC)CC)cc-3oc2c1. The van der Waals surface area contributed by atoms with Crippen LogP contribution in [0.3, 0.4) is 0 Å². The summed E-state index contributed by atoms with van der Waals surface area (Å²) in [5, 5.41) is 10.3. The first-order valence-corrected chi connectivity index (χ1v) is 17.9. The molecule has 1 aliphatic heterocycles. The van der Waals surface area contributed by atoms with Crippen LogP contribution in [0.25, 0.3) is 33.4 Å². The van der Waals surface area contributed by atoms with Gasteiger partial charge in [-0.25, -0.2) is 17.7 Å². The minimum Gasteiger partial charge on any atom is -0.481 e. The van der Waals surface area contributed by atoms with Crippen LogP contribution in [0.4, 0.5) is 5.69 Å². The Kier molecular flexibility index (Phi) is 10.7. The van der Waals surface area contributed by atoms with E-state index in [2.05, 4.69) is 14.2 Å². The van der Waals surface area contributed by atoms with E-state index in [9.17, 15) is 26.2 Å². The Hall–Kier alpha value is -3.78. The van der Waals surface area contributed by atoms with E-state index in [1.165, 1.54) is 12.1 Å². The second kappa shape index (κ2) is 14.1. The molecule has 45 heavy (non-hydrogen) atoms. The van der Waals surface area contributed by atoms with Crippen molar-refractivity contribution in [2.75, 3.05) is 37.6 Å². The van der Waals surface area contributed by atoms with Crippen molar-refractivity contribution in [2.45, 2.75) is 56.7 Å². The van der Waals surface area contributed by atoms with Gasteiger partial charge in [-0.15, -0.1) is 0 Å². The number of unbranched alkanes of at least 4 members (excludes halogenated alkanes) is 1. The number of hydrogen-bond acceptors (Lipinski definition) is 7. The van der Waals surface area contributed by atoms with Crippen LogP contribution in [0.5, 0.6) is 0 Å². The molecule has 2 aromatic carbocycles. The molecule has 0 saturated carbocycles. The summed E-state index contributed by atoms with van der Waals surface area (Å²) < 4.78 is 73.2. The monoisotopic (exact) mass is 658 g/mol. The highest BCUT2D eigenvalue weighted by Gasteiger charge is 2.27. The number of nitrogens with one attached hydrogen (secondary N) is 1. The zero-order chi connectivity index (χ0) is 32.9. The van der Waals surface area contributed by atoms with Crippen molar-refractivity contribution < 1.29 is 35.7 Å². The maximum Gasteiger partial charge on any atom is 0.303 e. The molecule has 0 unspecified atom stereocenters. The summed E-state index contributed by atoms with van der Waals surface area (Å²) in [5.41, 5.74) is 2.61. The predicted molar refractivity (Wildman–Crippen MR) is 175 cm³/mol. The van der Waals surface area contributed by atoms with Crippen molar-refractivity contribution in [2.24, 2.45) is 0 Å². The van der Waals surface area contributed by atoms with Crippen LogP contribution < -0.4 is 19.6 Å². The molecule has 242 valence electrons. The third kappa shape index (κ3) is 7.55. The molecular formula is C32H40N3O8S2+. The minimum atomic E-state index is -4.90. The van der Waals surface area contributed by atoms with Gasteiger partial charge in [0.25, 0.3) is 10.1 Å². The standard InChI is InChI=1S/C32H39N3O8S2/c1-5-34(6-2)22-12-15-25-28(19-22)43-29-20-23(35(7-3)8-4)13-16-26(29)32(25)27-17-14-24(21-30(27)45(40,41)42)44(38,39)33-18-10-9-11-31(36)37/h12-17,19-21,33H,5-11,18H2,1-4H3,(H-,36,37,40,41,42)/p+1. The number of nitrogens with zero attached hydrogens (tertiary/aromatic N) is 2. The molecule has 0 aromatic heterocycles. The summed E-state index contributed by atoms with van der Waals surface area (Å²) in [6, 6.07) is 14.9. The molecule has 0 atom stereocenters. The fraction of sp³-hybridized carbons (Fsp3) is 0.375. The highest BCUT2D eigenvalue weighted by atomic mass is 32.2. The molecular weight excluding hydrogens is 618 g/mol. The summed E-state index contributed by atoms with van der Waals surface area (Å²) in [6.45, 7) is 11.2. The van der Waals surface area contributed by atoms with Crippen molar-refractivity contribution in [1.29, 1.82) is 0 Å². The van der Waals surface area contributed by atoms with Crippen molar-refractivity contribution in [3.63, 3.8) is 0 Å². The highest BCUT2D eigenvalue weighted by Crippen LogP contribution is 2.43. The van der Waals surface area contributed by atoms with Gasteiger partial charge in [-0.3, -0.25) is 9.35 Å². The zero-order valence-electron chi connectivity index (χ0n) is 25.9. The van der Waals surface area contributed by atoms with E-state index in [0.29, 0.717) is 27.9 Å². The van der Waals surface area contributed by atoms with E-state index in [1.807, 2.05) is 64.1 Å². The van der Waals surface area contributed by atoms with Crippen LogP contribution in [0.1, 0.15) is 47.0 Å². The van der Waals surface area contributed by atoms with Gasteiger partial charge in [-0.1, -0.05) is 6.07 Å². The average Bonchev–Trinajstić information content (AvgIpc) is 3.00. The van der Waals surface area contributed by atoms with E-state index in [4.69, 9.17) is 9.52 Å². The Morgan fingerprint density at radius 3 is 2.20 bits per heavy atom. The number of fused-ring (bicyclic) bond motifs is 2. The molecule has 1 aliphatic carbocycles. The molecule has 2 aliphatic rings. The van der Waals surface area contributed by atoms with Gasteiger partial charge in [-0.2, -0.15) is 8.42 Å². The lowest BCUT2D eigenvalue weighted by Gasteiger charge is -2.22. The van der Waals surface area contributed by atoms with Gasteiger partial charge in [0.2, 0.25) is 15.4 Å². The van der Waals surface area contributed by atoms with Gasteiger partial charge in [-0.05, 0) is 70.9 Å². The van der Waals surface area contributed by atoms with E-state index in [0.717, 1.165) is 43.3 Å². The summed E-state index contributed by atoms with van der Waals surface area (Å²) in [6.07, 6.45) is 0.463. The topological polar surface area (TPSA) is 157 Å². The molecule has 3 N–H and O–H groups in total. The van der Waals surface area contributed by atoms with E-state index in [1.54, 1.807) is 0 Å². The van der Waals surface area contributed by atoms with Crippen molar-refractivity contribution in [3.05, 3.63) is 60.0 Å². The van der Waals surface area contributed by atoms with Crippen LogP contribution in [0, 0.1) is 0 Å². The highest BCUT2D eigenvalue weighted by molar-refractivity contribution is 7.89. The van der Waals surface area contributed by atoms with Crippen LogP contribution in [0.2, 0.25) is 0 Å². The summed E-state index contributed by atoms with van der Waals surface area (Å²) in [7, 11) is -9.08. The lowest BCUT2D eigenvalue weighted by molar-refractivity contribution is -0.137. The van der Waals surface area contributed by atoms with Gasteiger partial charge in [0, 0.05) is 66.0 Å². The quantitative estimate of drug-likeness (QED) is 0.0760. The number of carboxylic acid groups (broad SMARTS) is 1. The molecule has 4 rings (SSSR count). The average molecular weight is 659 g/mol. The number of sulfonamides is 1. The molecule has 0 saturated heterocycles. The molecule has 13 heteroatoms. The van der Waals surface area contributed by atoms with Crippen molar-refractivity contribution in [1.82, 2.24) is 9.30 Å². The molecule has 1 heterocycles. The van der Waals surface area contributed by atoms with Crippen LogP contribution in [0.15, 0.2) is 68.8 Å². The van der Waals surface area contributed by atoms with Gasteiger partial charge in [0.05, 0.1) is 11.0 Å². The Morgan fingerprint density at radius 1 is 0.889 bits per heavy atom. The van der Waals surface area contributed by atoms with Crippen LogP contribution in [-0.4, -0.2) is 65.2 Å². The Balaban J connectivity index is 1.97.